The van der Waals surface area contributed by atoms with Gasteiger partial charge in [-0.1, -0.05) is 0 Å². The van der Waals surface area contributed by atoms with Gasteiger partial charge in [0.1, 0.15) is 0 Å². The highest BCUT2D eigenvalue weighted by atomic mass is 19.4. The molecule has 0 aromatic carbocycles. The molecule has 0 unspecified atom stereocenters. The minimum atomic E-state index is -5.79. The minimum Gasteiger partial charge on any atom is -0.476 e. The van der Waals surface area contributed by atoms with Crippen LogP contribution in [0, 0.1) is 5.41 Å². The predicted molar refractivity (Wildman–Crippen MR) is 78.0 cm³/mol. The summed E-state index contributed by atoms with van der Waals surface area (Å²) in [6.45, 7) is -1.11. The average molecular weight is 400 g/mol. The van der Waals surface area contributed by atoms with Crippen molar-refractivity contribution in [1.29, 1.82) is 0 Å². The molecule has 0 atom stereocenters. The molecule has 1 fully saturated rings. The van der Waals surface area contributed by atoms with Gasteiger partial charge in [0.15, 0.2) is 11.5 Å². The molecule has 1 aromatic heterocycles. The van der Waals surface area contributed by atoms with Crippen molar-refractivity contribution in [3.63, 3.8) is 0 Å². The topological polar surface area (TPSA) is 86.6 Å². The van der Waals surface area contributed by atoms with Crippen LogP contribution in [0.5, 0.6) is 0 Å². The van der Waals surface area contributed by atoms with Crippen LogP contribution in [0.3, 0.4) is 0 Å². The van der Waals surface area contributed by atoms with Crippen LogP contribution in [-0.4, -0.2) is 70.6 Å². The second-order valence-corrected chi connectivity index (χ2v) is 5.98. The first-order valence-corrected chi connectivity index (χ1v) is 7.54. The molecular formula is C14H14F6N4O3. The van der Waals surface area contributed by atoms with E-state index in [0.29, 0.717) is 4.90 Å². The van der Waals surface area contributed by atoms with Crippen LogP contribution in [-0.2, 0) is 4.79 Å². The van der Waals surface area contributed by atoms with Gasteiger partial charge in [0.25, 0.3) is 0 Å². The third kappa shape index (κ3) is 3.76. The number of carboxylic acids is 1. The molecule has 1 aliphatic rings. The number of rotatable bonds is 3. The first-order chi connectivity index (χ1) is 12.3. The summed E-state index contributed by atoms with van der Waals surface area (Å²) in [6, 6.07) is 2.47. The Hall–Kier alpha value is -2.60. The first kappa shape index (κ1) is 20.7. The number of carbonyl (C=O) groups is 2. The lowest BCUT2D eigenvalue weighted by Gasteiger charge is -2.41. The molecule has 0 spiro atoms. The summed E-state index contributed by atoms with van der Waals surface area (Å²) >= 11 is 0. The highest BCUT2D eigenvalue weighted by Crippen LogP contribution is 2.51. The summed E-state index contributed by atoms with van der Waals surface area (Å²) in [5, 5.41) is 15.8. The second-order valence-electron chi connectivity index (χ2n) is 5.98. The molecule has 0 bridgehead atoms. The standard InChI is InChI=1S/C14H14F6N4O3/c1-12(13(15,16)17,14(18,19)20)11(27)24-6-4-23(5-7-24)9-3-2-8(10(25)26)21-22-9/h2-3H,4-7H2,1H3,(H,25,26). The zero-order valence-corrected chi connectivity index (χ0v) is 13.8. The molecule has 1 N–H and O–H groups in total. The normalized spacial score (nSPS) is 16.4. The van der Waals surface area contributed by atoms with E-state index >= 15 is 0 Å². The number of alkyl halides is 6. The number of amides is 1. The number of aromatic nitrogens is 2. The lowest BCUT2D eigenvalue weighted by Crippen LogP contribution is -2.61. The van der Waals surface area contributed by atoms with E-state index in [-0.39, 0.29) is 44.6 Å². The number of carbonyl (C=O) groups excluding carboxylic acids is 1. The maximum Gasteiger partial charge on any atom is 0.411 e. The maximum atomic E-state index is 13.0. The lowest BCUT2D eigenvalue weighted by atomic mass is 9.86. The largest absolute Gasteiger partial charge is 0.476 e. The van der Waals surface area contributed by atoms with Crippen molar-refractivity contribution in [2.24, 2.45) is 5.41 Å². The highest BCUT2D eigenvalue weighted by molar-refractivity contribution is 5.85. The van der Waals surface area contributed by atoms with Crippen LogP contribution < -0.4 is 4.90 Å². The summed E-state index contributed by atoms with van der Waals surface area (Å²) in [5.41, 5.74) is -4.82. The number of hydrogen-bond donors (Lipinski definition) is 1. The van der Waals surface area contributed by atoms with Crippen LogP contribution in [0.25, 0.3) is 0 Å². The molecule has 1 aromatic rings. The summed E-state index contributed by atoms with van der Waals surface area (Å²) in [4.78, 5) is 24.8. The summed E-state index contributed by atoms with van der Waals surface area (Å²) in [6.07, 6.45) is -11.6. The highest BCUT2D eigenvalue weighted by Gasteiger charge is 2.73. The fourth-order valence-electron chi connectivity index (χ4n) is 2.47. The third-order valence-electron chi connectivity index (χ3n) is 4.32. The van der Waals surface area contributed by atoms with Crippen LogP contribution >= 0.6 is 0 Å². The van der Waals surface area contributed by atoms with E-state index < -0.39 is 29.6 Å². The molecule has 27 heavy (non-hydrogen) atoms. The zero-order chi connectivity index (χ0) is 20.6. The van der Waals surface area contributed by atoms with E-state index in [1.54, 1.807) is 0 Å². The number of aromatic carboxylic acids is 1. The maximum absolute atomic E-state index is 13.0. The molecule has 7 nitrogen and oxygen atoms in total. The Bertz CT molecular complexity index is 697. The van der Waals surface area contributed by atoms with Gasteiger partial charge in [0.05, 0.1) is 0 Å². The fraction of sp³-hybridized carbons (Fsp3) is 0.571. The van der Waals surface area contributed by atoms with Crippen molar-refractivity contribution in [3.8, 4) is 0 Å². The second kappa shape index (κ2) is 6.85. The SMILES string of the molecule is CC(C(=O)N1CCN(c2ccc(C(=O)O)nn2)CC1)(C(F)(F)F)C(F)(F)F. The molecule has 1 amide bonds. The van der Waals surface area contributed by atoms with Gasteiger partial charge < -0.3 is 14.9 Å². The minimum absolute atomic E-state index is 0.0847. The smallest absolute Gasteiger partial charge is 0.411 e. The molecule has 0 aliphatic carbocycles. The van der Waals surface area contributed by atoms with Crippen molar-refractivity contribution in [2.45, 2.75) is 19.3 Å². The van der Waals surface area contributed by atoms with Gasteiger partial charge >= 0.3 is 18.3 Å². The Kier molecular flexibility index (Phi) is 5.25. The Morgan fingerprint density at radius 1 is 0.963 bits per heavy atom. The number of carboxylic acid groups (broad SMARTS) is 1. The molecule has 13 heteroatoms. The van der Waals surface area contributed by atoms with E-state index in [9.17, 15) is 35.9 Å². The molecule has 1 saturated heterocycles. The first-order valence-electron chi connectivity index (χ1n) is 7.54. The summed E-state index contributed by atoms with van der Waals surface area (Å²) < 4.78 is 78.0. The van der Waals surface area contributed by atoms with Crippen molar-refractivity contribution >= 4 is 17.7 Å². The number of piperazine rings is 1. The van der Waals surface area contributed by atoms with Gasteiger partial charge in [-0.2, -0.15) is 26.3 Å². The number of anilines is 1. The summed E-state index contributed by atoms with van der Waals surface area (Å²) in [7, 11) is 0. The predicted octanol–water partition coefficient (Wildman–Crippen LogP) is 1.95. The van der Waals surface area contributed by atoms with Crippen molar-refractivity contribution in [2.75, 3.05) is 31.1 Å². The molecule has 1 aliphatic heterocycles. The van der Waals surface area contributed by atoms with Gasteiger partial charge in [0, 0.05) is 26.2 Å². The average Bonchev–Trinajstić information content (AvgIpc) is 2.58. The monoisotopic (exact) mass is 400 g/mol. The van der Waals surface area contributed by atoms with Gasteiger partial charge in [-0.3, -0.25) is 4.79 Å². The van der Waals surface area contributed by atoms with Gasteiger partial charge in [-0.15, -0.1) is 10.2 Å². The number of nitrogens with zero attached hydrogens (tertiary/aromatic N) is 4. The number of halogens is 6. The zero-order valence-electron chi connectivity index (χ0n) is 13.8. The summed E-state index contributed by atoms with van der Waals surface area (Å²) in [5.74, 6) is -3.17. The van der Waals surface area contributed by atoms with Crippen molar-refractivity contribution in [3.05, 3.63) is 17.8 Å². The van der Waals surface area contributed by atoms with E-state index in [1.807, 2.05) is 0 Å². The quantitative estimate of drug-likeness (QED) is 0.781. The Morgan fingerprint density at radius 2 is 1.48 bits per heavy atom. The molecule has 0 radical (unpaired) electrons. The van der Waals surface area contributed by atoms with E-state index in [1.165, 1.54) is 11.0 Å². The Morgan fingerprint density at radius 3 is 1.85 bits per heavy atom. The third-order valence-corrected chi connectivity index (χ3v) is 4.32. The van der Waals surface area contributed by atoms with Gasteiger partial charge in [0.2, 0.25) is 11.3 Å². The van der Waals surface area contributed by atoms with Crippen molar-refractivity contribution < 1.29 is 41.0 Å². The molecule has 2 rings (SSSR count). The van der Waals surface area contributed by atoms with Gasteiger partial charge in [-0.05, 0) is 19.1 Å². The fourth-order valence-corrected chi connectivity index (χ4v) is 2.47. The van der Waals surface area contributed by atoms with Gasteiger partial charge in [-0.25, -0.2) is 4.79 Å². The Labute approximate surface area is 148 Å². The molecule has 0 saturated carbocycles. The van der Waals surface area contributed by atoms with Crippen LogP contribution in [0.2, 0.25) is 0 Å². The van der Waals surface area contributed by atoms with Crippen LogP contribution in [0.15, 0.2) is 12.1 Å². The molecule has 2 heterocycles. The Balaban J connectivity index is 2.12. The van der Waals surface area contributed by atoms with Crippen LogP contribution in [0.1, 0.15) is 17.4 Å². The number of hydrogen-bond acceptors (Lipinski definition) is 5. The van der Waals surface area contributed by atoms with Crippen LogP contribution in [0.4, 0.5) is 32.2 Å². The molecular weight excluding hydrogens is 386 g/mol. The van der Waals surface area contributed by atoms with E-state index in [4.69, 9.17) is 5.11 Å². The van der Waals surface area contributed by atoms with E-state index in [2.05, 4.69) is 10.2 Å². The lowest BCUT2D eigenvalue weighted by molar-refractivity contribution is -0.322. The van der Waals surface area contributed by atoms with E-state index in [0.717, 1.165) is 6.07 Å². The van der Waals surface area contributed by atoms with Crippen molar-refractivity contribution in [1.82, 2.24) is 15.1 Å². The molecule has 150 valence electrons.